The molecule has 0 atom stereocenters. The van der Waals surface area contributed by atoms with E-state index in [1.807, 2.05) is 31.2 Å². The van der Waals surface area contributed by atoms with Crippen molar-refractivity contribution in [3.63, 3.8) is 0 Å². The van der Waals surface area contributed by atoms with Gasteiger partial charge >= 0.3 is 0 Å². The number of carbonyl (C=O) groups excluding carboxylic acids is 1. The standard InChI is InChI=1S/C15H15ClN2O2/c1-11-5-2-3-7-13(11)18(10-9-16)15(20)12-6-4-8-14(19)17-12/h2-8H,9-10H2,1H3,(H,17,19). The van der Waals surface area contributed by atoms with Gasteiger partial charge < -0.3 is 9.88 Å². The third kappa shape index (κ3) is 3.08. The number of nitrogens with one attached hydrogen (secondary N) is 1. The number of halogens is 1. The minimum Gasteiger partial charge on any atom is -0.318 e. The summed E-state index contributed by atoms with van der Waals surface area (Å²) in [5, 5.41) is 0. The van der Waals surface area contributed by atoms with Crippen molar-refractivity contribution in [3.05, 3.63) is 64.1 Å². The molecule has 0 unspecified atom stereocenters. The maximum absolute atomic E-state index is 12.5. The van der Waals surface area contributed by atoms with Crippen molar-refractivity contribution < 1.29 is 4.79 Å². The number of aryl methyl sites for hydroxylation is 1. The summed E-state index contributed by atoms with van der Waals surface area (Å²) in [7, 11) is 0. The molecule has 0 aliphatic carbocycles. The second-order valence-corrected chi connectivity index (χ2v) is 4.74. The number of para-hydroxylation sites is 1. The summed E-state index contributed by atoms with van der Waals surface area (Å²) >= 11 is 5.80. The zero-order chi connectivity index (χ0) is 14.5. The molecule has 0 radical (unpaired) electrons. The number of anilines is 1. The molecule has 0 saturated heterocycles. The zero-order valence-corrected chi connectivity index (χ0v) is 11.9. The number of benzene rings is 1. The van der Waals surface area contributed by atoms with E-state index < -0.39 is 0 Å². The van der Waals surface area contributed by atoms with Crippen LogP contribution >= 0.6 is 11.6 Å². The van der Waals surface area contributed by atoms with Gasteiger partial charge in [0.1, 0.15) is 5.69 Å². The smallest absolute Gasteiger partial charge is 0.274 e. The molecule has 5 heteroatoms. The number of aromatic nitrogens is 1. The summed E-state index contributed by atoms with van der Waals surface area (Å²) < 4.78 is 0. The molecule has 0 bridgehead atoms. The van der Waals surface area contributed by atoms with Crippen LogP contribution in [-0.2, 0) is 0 Å². The van der Waals surface area contributed by atoms with E-state index in [1.165, 1.54) is 6.07 Å². The lowest BCUT2D eigenvalue weighted by Crippen LogP contribution is -2.34. The number of aromatic amines is 1. The van der Waals surface area contributed by atoms with E-state index in [9.17, 15) is 9.59 Å². The van der Waals surface area contributed by atoms with E-state index in [-0.39, 0.29) is 17.2 Å². The average molecular weight is 291 g/mol. The van der Waals surface area contributed by atoms with Gasteiger partial charge in [-0.1, -0.05) is 24.3 Å². The van der Waals surface area contributed by atoms with Crippen LogP contribution in [0.15, 0.2) is 47.3 Å². The van der Waals surface area contributed by atoms with Crippen molar-refractivity contribution in [2.75, 3.05) is 17.3 Å². The first kappa shape index (κ1) is 14.3. The number of nitrogens with zero attached hydrogens (tertiary/aromatic N) is 1. The van der Waals surface area contributed by atoms with Crippen LogP contribution in [0.2, 0.25) is 0 Å². The maximum Gasteiger partial charge on any atom is 0.274 e. The molecule has 2 aromatic rings. The highest BCUT2D eigenvalue weighted by Gasteiger charge is 2.19. The van der Waals surface area contributed by atoms with Gasteiger partial charge in [0.05, 0.1) is 0 Å². The van der Waals surface area contributed by atoms with Crippen LogP contribution in [-0.4, -0.2) is 23.3 Å². The van der Waals surface area contributed by atoms with Crippen molar-refractivity contribution >= 4 is 23.2 Å². The fraction of sp³-hybridized carbons (Fsp3) is 0.200. The van der Waals surface area contributed by atoms with Gasteiger partial charge in [-0.3, -0.25) is 9.59 Å². The Balaban J connectivity index is 2.41. The predicted octanol–water partition coefficient (Wildman–Crippen LogP) is 2.57. The first-order valence-electron chi connectivity index (χ1n) is 6.26. The lowest BCUT2D eigenvalue weighted by Gasteiger charge is -2.23. The van der Waals surface area contributed by atoms with E-state index in [4.69, 9.17) is 11.6 Å². The summed E-state index contributed by atoms with van der Waals surface area (Å²) in [5.74, 6) is 0.0505. The molecule has 104 valence electrons. The molecule has 1 aromatic carbocycles. The number of hydrogen-bond acceptors (Lipinski definition) is 2. The van der Waals surface area contributed by atoms with Crippen molar-refractivity contribution in [2.45, 2.75) is 6.92 Å². The Morgan fingerprint density at radius 3 is 2.60 bits per heavy atom. The molecular formula is C15H15ClN2O2. The van der Waals surface area contributed by atoms with Crippen molar-refractivity contribution in [1.29, 1.82) is 0 Å². The lowest BCUT2D eigenvalue weighted by atomic mass is 10.1. The van der Waals surface area contributed by atoms with Crippen LogP contribution in [0.25, 0.3) is 0 Å². The van der Waals surface area contributed by atoms with Crippen LogP contribution in [0.1, 0.15) is 16.1 Å². The number of rotatable bonds is 4. The van der Waals surface area contributed by atoms with E-state index >= 15 is 0 Å². The molecule has 1 amide bonds. The number of H-pyrrole nitrogens is 1. The predicted molar refractivity (Wildman–Crippen MR) is 80.6 cm³/mol. The quantitative estimate of drug-likeness (QED) is 0.880. The zero-order valence-electron chi connectivity index (χ0n) is 11.1. The van der Waals surface area contributed by atoms with Crippen molar-refractivity contribution in [2.24, 2.45) is 0 Å². The van der Waals surface area contributed by atoms with Crippen LogP contribution in [0.4, 0.5) is 5.69 Å². The topological polar surface area (TPSA) is 53.2 Å². The number of hydrogen-bond donors (Lipinski definition) is 1. The first-order chi connectivity index (χ1) is 9.63. The minimum absolute atomic E-state index is 0.255. The van der Waals surface area contributed by atoms with Gasteiger partial charge in [0.15, 0.2) is 0 Å². The highest BCUT2D eigenvalue weighted by atomic mass is 35.5. The Bertz CT molecular complexity index is 667. The Morgan fingerprint density at radius 1 is 1.20 bits per heavy atom. The molecule has 0 saturated carbocycles. The minimum atomic E-state index is -0.300. The third-order valence-electron chi connectivity index (χ3n) is 2.96. The Kier molecular flexibility index (Phi) is 4.58. The van der Waals surface area contributed by atoms with Crippen molar-refractivity contribution in [3.8, 4) is 0 Å². The molecule has 1 heterocycles. The van der Waals surface area contributed by atoms with Gasteiger partial charge in [-0.2, -0.15) is 0 Å². The summed E-state index contributed by atoms with van der Waals surface area (Å²) in [6, 6.07) is 12.1. The molecule has 20 heavy (non-hydrogen) atoms. The summed E-state index contributed by atoms with van der Waals surface area (Å²) in [6.45, 7) is 2.31. The molecule has 1 aromatic heterocycles. The van der Waals surface area contributed by atoms with Crippen LogP contribution in [0, 0.1) is 6.92 Å². The molecule has 2 rings (SSSR count). The van der Waals surface area contributed by atoms with Crippen LogP contribution in [0.3, 0.4) is 0 Å². The maximum atomic E-state index is 12.5. The molecular weight excluding hydrogens is 276 g/mol. The van der Waals surface area contributed by atoms with Gasteiger partial charge in [-0.05, 0) is 24.6 Å². The van der Waals surface area contributed by atoms with Gasteiger partial charge in [0.25, 0.3) is 5.91 Å². The number of pyridine rings is 1. The van der Waals surface area contributed by atoms with Gasteiger partial charge in [0.2, 0.25) is 5.56 Å². The molecule has 0 aliphatic rings. The average Bonchev–Trinajstić information content (AvgIpc) is 2.45. The molecule has 0 fully saturated rings. The van der Waals surface area contributed by atoms with Gasteiger partial charge in [-0.15, -0.1) is 11.6 Å². The fourth-order valence-electron chi connectivity index (χ4n) is 2.00. The molecule has 4 nitrogen and oxygen atoms in total. The normalized spacial score (nSPS) is 10.3. The highest BCUT2D eigenvalue weighted by molar-refractivity contribution is 6.18. The number of alkyl halides is 1. The van der Waals surface area contributed by atoms with E-state index in [2.05, 4.69) is 4.98 Å². The fourth-order valence-corrected chi connectivity index (χ4v) is 2.17. The molecule has 1 N–H and O–H groups in total. The number of carbonyl (C=O) groups is 1. The Morgan fingerprint density at radius 2 is 1.95 bits per heavy atom. The molecule has 0 aliphatic heterocycles. The highest BCUT2D eigenvalue weighted by Crippen LogP contribution is 2.21. The first-order valence-corrected chi connectivity index (χ1v) is 6.79. The van der Waals surface area contributed by atoms with Crippen molar-refractivity contribution in [1.82, 2.24) is 4.98 Å². The van der Waals surface area contributed by atoms with E-state index in [0.717, 1.165) is 11.3 Å². The largest absolute Gasteiger partial charge is 0.318 e. The monoisotopic (exact) mass is 290 g/mol. The Hall–Kier alpha value is -2.07. The van der Waals surface area contributed by atoms with Crippen LogP contribution in [0.5, 0.6) is 0 Å². The summed E-state index contributed by atoms with van der Waals surface area (Å²) in [4.78, 5) is 28.0. The summed E-state index contributed by atoms with van der Waals surface area (Å²) in [6.07, 6.45) is 0. The third-order valence-corrected chi connectivity index (χ3v) is 3.13. The SMILES string of the molecule is Cc1ccccc1N(CCCl)C(=O)c1cccc(=O)[nH]1. The number of amides is 1. The lowest BCUT2D eigenvalue weighted by molar-refractivity contribution is 0.0983. The second kappa shape index (κ2) is 6.39. The summed E-state index contributed by atoms with van der Waals surface area (Å²) in [5.41, 5.74) is 1.73. The van der Waals surface area contributed by atoms with Crippen LogP contribution < -0.4 is 10.5 Å². The van der Waals surface area contributed by atoms with Gasteiger partial charge in [0, 0.05) is 24.2 Å². The van der Waals surface area contributed by atoms with Gasteiger partial charge in [-0.25, -0.2) is 0 Å². The van der Waals surface area contributed by atoms with E-state index in [0.29, 0.717) is 12.4 Å². The second-order valence-electron chi connectivity index (χ2n) is 4.36. The molecule has 0 spiro atoms. The Labute approximate surface area is 122 Å². The van der Waals surface area contributed by atoms with E-state index in [1.54, 1.807) is 17.0 Å².